The number of cyclic esters (lactones) is 1. The SMILES string of the molecule is C=CCC1=C[C@H](O)[C@]2(O)C(=O)OC[C@]2(C)C1=O. The summed E-state index contributed by atoms with van der Waals surface area (Å²) in [6, 6.07) is 0. The third kappa shape index (κ3) is 1.26. The van der Waals surface area contributed by atoms with E-state index < -0.39 is 23.1 Å². The molecule has 0 amide bonds. The topological polar surface area (TPSA) is 83.8 Å². The van der Waals surface area contributed by atoms with E-state index in [2.05, 4.69) is 6.58 Å². The molecule has 0 aromatic rings. The second-order valence-electron chi connectivity index (χ2n) is 4.63. The molecule has 17 heavy (non-hydrogen) atoms. The van der Waals surface area contributed by atoms with Crippen LogP contribution in [0.25, 0.3) is 0 Å². The van der Waals surface area contributed by atoms with Gasteiger partial charge >= 0.3 is 5.97 Å². The van der Waals surface area contributed by atoms with E-state index in [1.807, 2.05) is 0 Å². The molecule has 1 aliphatic carbocycles. The Morgan fingerprint density at radius 2 is 2.29 bits per heavy atom. The van der Waals surface area contributed by atoms with Gasteiger partial charge in [-0.3, -0.25) is 4.79 Å². The standard InChI is InChI=1S/C12H14O5/c1-3-4-7-5-8(13)12(16)10(15)17-6-11(12,2)9(7)14/h3,5,8,13,16H,1,4,6H2,2H3/t8-,11+,12-/m0/s1. The Bertz CT molecular complexity index is 438. The Morgan fingerprint density at radius 3 is 2.88 bits per heavy atom. The van der Waals surface area contributed by atoms with Crippen molar-refractivity contribution in [3.8, 4) is 0 Å². The van der Waals surface area contributed by atoms with E-state index >= 15 is 0 Å². The van der Waals surface area contributed by atoms with Gasteiger partial charge in [0, 0.05) is 0 Å². The number of esters is 1. The number of hydrogen-bond donors (Lipinski definition) is 2. The Kier molecular flexibility index (Phi) is 2.48. The molecule has 0 aromatic carbocycles. The zero-order valence-corrected chi connectivity index (χ0v) is 9.47. The van der Waals surface area contributed by atoms with E-state index in [9.17, 15) is 19.8 Å². The van der Waals surface area contributed by atoms with Gasteiger partial charge in [0.25, 0.3) is 0 Å². The number of allylic oxidation sites excluding steroid dienone is 2. The first-order valence-corrected chi connectivity index (χ1v) is 5.32. The molecule has 92 valence electrons. The Morgan fingerprint density at radius 1 is 1.65 bits per heavy atom. The zero-order chi connectivity index (χ0) is 12.8. The van der Waals surface area contributed by atoms with Gasteiger partial charge in [0.2, 0.25) is 5.60 Å². The molecule has 5 heteroatoms. The average Bonchev–Trinajstić information content (AvgIpc) is 2.53. The van der Waals surface area contributed by atoms with Crippen LogP contribution in [-0.2, 0) is 14.3 Å². The van der Waals surface area contributed by atoms with Crippen molar-refractivity contribution in [2.75, 3.05) is 6.61 Å². The number of ether oxygens (including phenoxy) is 1. The molecular formula is C12H14O5. The van der Waals surface area contributed by atoms with E-state index in [0.29, 0.717) is 5.57 Å². The lowest BCUT2D eigenvalue weighted by Crippen LogP contribution is -2.62. The van der Waals surface area contributed by atoms with E-state index in [1.165, 1.54) is 19.1 Å². The monoisotopic (exact) mass is 238 g/mol. The summed E-state index contributed by atoms with van der Waals surface area (Å²) in [7, 11) is 0. The number of rotatable bonds is 2. The second kappa shape index (κ2) is 3.51. The number of aliphatic hydroxyl groups is 2. The summed E-state index contributed by atoms with van der Waals surface area (Å²) in [6.07, 6.45) is 1.59. The minimum absolute atomic E-state index is 0.216. The lowest BCUT2D eigenvalue weighted by atomic mass is 9.64. The summed E-state index contributed by atoms with van der Waals surface area (Å²) < 4.78 is 4.74. The van der Waals surface area contributed by atoms with Crippen molar-refractivity contribution in [1.29, 1.82) is 0 Å². The Hall–Kier alpha value is -1.46. The molecule has 0 saturated carbocycles. The third-order valence-corrected chi connectivity index (χ3v) is 3.59. The minimum atomic E-state index is -2.17. The number of aliphatic hydroxyl groups excluding tert-OH is 1. The molecule has 1 aliphatic heterocycles. The minimum Gasteiger partial charge on any atom is -0.462 e. The van der Waals surface area contributed by atoms with Crippen LogP contribution >= 0.6 is 0 Å². The molecule has 3 atom stereocenters. The van der Waals surface area contributed by atoms with Gasteiger partial charge in [0.1, 0.15) is 18.1 Å². The summed E-state index contributed by atoms with van der Waals surface area (Å²) >= 11 is 0. The maximum Gasteiger partial charge on any atom is 0.342 e. The summed E-state index contributed by atoms with van der Waals surface area (Å²) in [5, 5.41) is 20.1. The molecule has 0 unspecified atom stereocenters. The second-order valence-corrected chi connectivity index (χ2v) is 4.63. The number of hydrogen-bond acceptors (Lipinski definition) is 5. The van der Waals surface area contributed by atoms with Gasteiger partial charge in [0.05, 0.1) is 0 Å². The van der Waals surface area contributed by atoms with Gasteiger partial charge in [-0.1, -0.05) is 6.08 Å². The normalized spacial score (nSPS) is 40.6. The van der Waals surface area contributed by atoms with Crippen LogP contribution in [0.5, 0.6) is 0 Å². The zero-order valence-electron chi connectivity index (χ0n) is 9.47. The van der Waals surface area contributed by atoms with E-state index in [-0.39, 0.29) is 18.8 Å². The predicted octanol–water partition coefficient (Wildman–Crippen LogP) is -0.273. The molecule has 2 rings (SSSR count). The van der Waals surface area contributed by atoms with Crippen LogP contribution in [0.15, 0.2) is 24.3 Å². The summed E-state index contributed by atoms with van der Waals surface area (Å²) in [5.74, 6) is -1.33. The van der Waals surface area contributed by atoms with Crippen LogP contribution in [-0.4, -0.2) is 40.3 Å². The van der Waals surface area contributed by atoms with Crippen LogP contribution < -0.4 is 0 Å². The van der Waals surface area contributed by atoms with Crippen molar-refractivity contribution in [3.05, 3.63) is 24.3 Å². The maximum absolute atomic E-state index is 12.2. The molecule has 0 aromatic heterocycles. The van der Waals surface area contributed by atoms with Crippen molar-refractivity contribution in [1.82, 2.24) is 0 Å². The highest BCUT2D eigenvalue weighted by Gasteiger charge is 2.68. The summed E-state index contributed by atoms with van der Waals surface area (Å²) in [4.78, 5) is 23.7. The van der Waals surface area contributed by atoms with Crippen LogP contribution in [0, 0.1) is 5.41 Å². The first kappa shape index (κ1) is 12.0. The predicted molar refractivity (Wildman–Crippen MR) is 57.9 cm³/mol. The third-order valence-electron chi connectivity index (χ3n) is 3.59. The fourth-order valence-electron chi connectivity index (χ4n) is 2.40. The molecule has 1 saturated heterocycles. The van der Waals surface area contributed by atoms with Crippen molar-refractivity contribution >= 4 is 11.8 Å². The largest absolute Gasteiger partial charge is 0.462 e. The molecule has 0 spiro atoms. The summed E-state index contributed by atoms with van der Waals surface area (Å²) in [6.45, 7) is 4.73. The maximum atomic E-state index is 12.2. The fourth-order valence-corrected chi connectivity index (χ4v) is 2.40. The molecular weight excluding hydrogens is 224 g/mol. The lowest BCUT2D eigenvalue weighted by Gasteiger charge is -2.39. The quantitative estimate of drug-likeness (QED) is 0.511. The molecule has 1 fully saturated rings. The number of ketones is 1. The number of carbonyl (C=O) groups excluding carboxylic acids is 2. The van der Waals surface area contributed by atoms with Crippen molar-refractivity contribution in [3.63, 3.8) is 0 Å². The number of carbonyl (C=O) groups is 2. The van der Waals surface area contributed by atoms with Crippen LogP contribution in [0.4, 0.5) is 0 Å². The number of Topliss-reactive ketones (excluding diaryl/α,β-unsaturated/α-hetero) is 1. The van der Waals surface area contributed by atoms with Gasteiger partial charge in [-0.25, -0.2) is 4.79 Å². The molecule has 0 bridgehead atoms. The van der Waals surface area contributed by atoms with Gasteiger partial charge in [-0.2, -0.15) is 0 Å². The highest BCUT2D eigenvalue weighted by Crippen LogP contribution is 2.47. The first-order valence-electron chi connectivity index (χ1n) is 5.32. The Balaban J connectivity index is 2.55. The summed E-state index contributed by atoms with van der Waals surface area (Å²) in [5.41, 5.74) is -3.25. The molecule has 2 aliphatic rings. The van der Waals surface area contributed by atoms with Gasteiger partial charge < -0.3 is 14.9 Å². The fraction of sp³-hybridized carbons (Fsp3) is 0.500. The van der Waals surface area contributed by atoms with Gasteiger partial charge in [-0.15, -0.1) is 6.58 Å². The molecule has 1 heterocycles. The van der Waals surface area contributed by atoms with E-state index in [1.54, 1.807) is 0 Å². The molecule has 0 radical (unpaired) electrons. The van der Waals surface area contributed by atoms with Gasteiger partial charge in [-0.05, 0) is 25.0 Å². The Labute approximate surface area is 98.4 Å². The number of fused-ring (bicyclic) bond motifs is 1. The highest BCUT2D eigenvalue weighted by molar-refractivity contribution is 6.07. The van der Waals surface area contributed by atoms with Crippen LogP contribution in [0.3, 0.4) is 0 Å². The molecule has 5 nitrogen and oxygen atoms in total. The van der Waals surface area contributed by atoms with E-state index in [0.717, 1.165) is 0 Å². The molecule has 2 N–H and O–H groups in total. The van der Waals surface area contributed by atoms with Crippen LogP contribution in [0.1, 0.15) is 13.3 Å². The smallest absolute Gasteiger partial charge is 0.342 e. The van der Waals surface area contributed by atoms with Crippen LogP contribution in [0.2, 0.25) is 0 Å². The van der Waals surface area contributed by atoms with Crippen molar-refractivity contribution in [2.24, 2.45) is 5.41 Å². The lowest BCUT2D eigenvalue weighted by molar-refractivity contribution is -0.172. The highest BCUT2D eigenvalue weighted by atomic mass is 16.6. The average molecular weight is 238 g/mol. The van der Waals surface area contributed by atoms with E-state index in [4.69, 9.17) is 4.74 Å². The van der Waals surface area contributed by atoms with Crippen molar-refractivity contribution in [2.45, 2.75) is 25.0 Å². The van der Waals surface area contributed by atoms with Gasteiger partial charge in [0.15, 0.2) is 5.78 Å². The van der Waals surface area contributed by atoms with Crippen molar-refractivity contribution < 1.29 is 24.5 Å². The first-order chi connectivity index (χ1) is 7.88.